The maximum atomic E-state index is 12.7. The summed E-state index contributed by atoms with van der Waals surface area (Å²) in [5.74, 6) is 0.331. The molecule has 0 bridgehead atoms. The van der Waals surface area contributed by atoms with Gasteiger partial charge >= 0.3 is 0 Å². The third kappa shape index (κ3) is 6.74. The number of carbonyl (C=O) groups excluding carboxylic acids is 1. The van der Waals surface area contributed by atoms with Gasteiger partial charge in [0.05, 0.1) is 16.5 Å². The van der Waals surface area contributed by atoms with Crippen molar-refractivity contribution in [3.8, 4) is 5.75 Å². The molecule has 2 aromatic carbocycles. The van der Waals surface area contributed by atoms with Crippen LogP contribution in [0, 0.1) is 0 Å². The number of sulfonamides is 1. The van der Waals surface area contributed by atoms with E-state index in [0.717, 1.165) is 25.4 Å². The van der Waals surface area contributed by atoms with E-state index in [1.165, 1.54) is 0 Å². The Morgan fingerprint density at radius 2 is 1.67 bits per heavy atom. The Kier molecular flexibility index (Phi) is 8.68. The minimum atomic E-state index is -3.55. The van der Waals surface area contributed by atoms with Gasteiger partial charge in [0, 0.05) is 12.2 Å². The highest BCUT2D eigenvalue weighted by Gasteiger charge is 2.19. The molecular weight excluding hydrogens is 402 g/mol. The van der Waals surface area contributed by atoms with Crippen LogP contribution in [0.4, 0.5) is 11.4 Å². The first kappa shape index (κ1) is 23.7. The van der Waals surface area contributed by atoms with Crippen molar-refractivity contribution < 1.29 is 17.9 Å². The Bertz CT molecular complexity index is 924. The zero-order valence-corrected chi connectivity index (χ0v) is 18.8. The Hall–Kier alpha value is -2.58. The predicted molar refractivity (Wildman–Crippen MR) is 122 cm³/mol. The summed E-state index contributed by atoms with van der Waals surface area (Å²) in [5.41, 5.74) is 1.10. The van der Waals surface area contributed by atoms with Gasteiger partial charge < -0.3 is 15.0 Å². The lowest BCUT2D eigenvalue weighted by atomic mass is 10.1. The van der Waals surface area contributed by atoms with Gasteiger partial charge in [-0.1, -0.05) is 26.0 Å². The summed E-state index contributed by atoms with van der Waals surface area (Å²) >= 11 is 0. The van der Waals surface area contributed by atoms with Gasteiger partial charge in [0.1, 0.15) is 12.4 Å². The van der Waals surface area contributed by atoms with Crippen molar-refractivity contribution >= 4 is 27.3 Å². The van der Waals surface area contributed by atoms with E-state index < -0.39 is 21.2 Å². The second-order valence-corrected chi connectivity index (χ2v) is 9.33. The summed E-state index contributed by atoms with van der Waals surface area (Å²) in [5, 5.41) is 2.19. The van der Waals surface area contributed by atoms with Crippen molar-refractivity contribution in [2.24, 2.45) is 0 Å². The molecule has 0 spiro atoms. The van der Waals surface area contributed by atoms with Crippen LogP contribution in [-0.4, -0.2) is 50.7 Å². The molecule has 0 unspecified atom stereocenters. The van der Waals surface area contributed by atoms with E-state index >= 15 is 0 Å². The molecule has 0 heterocycles. The number of carbonyl (C=O) groups is 1. The molecule has 0 saturated heterocycles. The first-order valence-electron chi connectivity index (χ1n) is 10.1. The maximum absolute atomic E-state index is 12.7. The molecule has 0 aliphatic heterocycles. The Balaban J connectivity index is 2.01. The molecule has 2 rings (SSSR count). The Morgan fingerprint density at radius 3 is 2.27 bits per heavy atom. The average Bonchev–Trinajstić information content (AvgIpc) is 2.72. The van der Waals surface area contributed by atoms with E-state index in [1.807, 2.05) is 0 Å². The topological polar surface area (TPSA) is 87.7 Å². The Morgan fingerprint density at radius 1 is 1.03 bits per heavy atom. The van der Waals surface area contributed by atoms with Crippen LogP contribution in [0.5, 0.6) is 5.75 Å². The number of nitrogens with one attached hydrogen (secondary N) is 2. The molecule has 8 heteroatoms. The number of benzene rings is 2. The van der Waals surface area contributed by atoms with Crippen LogP contribution in [0.2, 0.25) is 0 Å². The lowest BCUT2D eigenvalue weighted by Gasteiger charge is -2.18. The molecule has 2 N–H and O–H groups in total. The molecule has 1 amide bonds. The largest absolute Gasteiger partial charge is 0.492 e. The van der Waals surface area contributed by atoms with Crippen LogP contribution >= 0.6 is 0 Å². The number of anilines is 2. The number of likely N-dealkylation sites (N-methyl/N-ethyl adjacent to an activating group) is 1. The minimum Gasteiger partial charge on any atom is -0.492 e. The van der Waals surface area contributed by atoms with Gasteiger partial charge in [-0.2, -0.15) is 0 Å². The first-order chi connectivity index (χ1) is 14.3. The van der Waals surface area contributed by atoms with Gasteiger partial charge in [-0.15, -0.1) is 0 Å². The van der Waals surface area contributed by atoms with E-state index in [9.17, 15) is 13.2 Å². The zero-order chi connectivity index (χ0) is 22.1. The number of hydrogen-bond donors (Lipinski definition) is 2. The molecule has 7 nitrogen and oxygen atoms in total. The van der Waals surface area contributed by atoms with Gasteiger partial charge in [-0.25, -0.2) is 8.42 Å². The quantitative estimate of drug-likeness (QED) is 0.563. The first-order valence-corrected chi connectivity index (χ1v) is 11.7. The monoisotopic (exact) mass is 433 g/mol. The SMILES string of the molecule is CCN(CC)CCOc1ccc(NC(=O)c2ccccc2NS(=O)(=O)C(C)C)cc1. The van der Waals surface area contributed by atoms with Gasteiger partial charge in [0.2, 0.25) is 10.0 Å². The van der Waals surface area contributed by atoms with Crippen molar-refractivity contribution in [2.75, 3.05) is 36.3 Å². The molecule has 0 radical (unpaired) electrons. The summed E-state index contributed by atoms with van der Waals surface area (Å²) in [6, 6.07) is 13.6. The smallest absolute Gasteiger partial charge is 0.257 e. The Labute approximate surface area is 179 Å². The molecule has 0 atom stereocenters. The molecule has 164 valence electrons. The summed E-state index contributed by atoms with van der Waals surface area (Å²) in [6.45, 7) is 10.8. The maximum Gasteiger partial charge on any atom is 0.257 e. The highest BCUT2D eigenvalue weighted by Crippen LogP contribution is 2.21. The standard InChI is InChI=1S/C22H31N3O4S/c1-5-25(6-2)15-16-29-19-13-11-18(12-14-19)23-22(26)20-9-7-8-10-21(20)24-30(27,28)17(3)4/h7-14,17,24H,5-6,15-16H2,1-4H3,(H,23,26). The summed E-state index contributed by atoms with van der Waals surface area (Å²) in [4.78, 5) is 15.0. The number of hydrogen-bond acceptors (Lipinski definition) is 5. The highest BCUT2D eigenvalue weighted by atomic mass is 32.2. The van der Waals surface area contributed by atoms with Gasteiger partial charge in [0.25, 0.3) is 5.91 Å². The fraction of sp³-hybridized carbons (Fsp3) is 0.409. The molecule has 0 aliphatic carbocycles. The predicted octanol–water partition coefficient (Wildman–Crippen LogP) is 3.81. The van der Waals surface area contributed by atoms with Crippen molar-refractivity contribution in [1.29, 1.82) is 0 Å². The van der Waals surface area contributed by atoms with E-state index in [1.54, 1.807) is 62.4 Å². The molecule has 0 saturated carbocycles. The number of para-hydroxylation sites is 1. The fourth-order valence-electron chi connectivity index (χ4n) is 2.71. The van der Waals surface area contributed by atoms with Crippen molar-refractivity contribution in [2.45, 2.75) is 32.9 Å². The van der Waals surface area contributed by atoms with E-state index in [0.29, 0.717) is 12.3 Å². The zero-order valence-electron chi connectivity index (χ0n) is 18.0. The molecule has 30 heavy (non-hydrogen) atoms. The molecule has 0 aliphatic rings. The summed E-state index contributed by atoms with van der Waals surface area (Å²) in [6.07, 6.45) is 0. The summed E-state index contributed by atoms with van der Waals surface area (Å²) in [7, 11) is -3.55. The fourth-order valence-corrected chi connectivity index (χ4v) is 3.43. The third-order valence-electron chi connectivity index (χ3n) is 4.73. The van der Waals surface area contributed by atoms with E-state index in [-0.39, 0.29) is 11.3 Å². The molecular formula is C22H31N3O4S. The van der Waals surface area contributed by atoms with E-state index in [2.05, 4.69) is 28.8 Å². The number of amides is 1. The second kappa shape index (κ2) is 11.0. The number of rotatable bonds is 11. The van der Waals surface area contributed by atoms with Crippen LogP contribution in [0.3, 0.4) is 0 Å². The van der Waals surface area contributed by atoms with Crippen LogP contribution in [-0.2, 0) is 10.0 Å². The average molecular weight is 434 g/mol. The number of nitrogens with zero attached hydrogens (tertiary/aromatic N) is 1. The molecule has 0 aromatic heterocycles. The lowest BCUT2D eigenvalue weighted by Crippen LogP contribution is -2.27. The van der Waals surface area contributed by atoms with Gasteiger partial charge in [0.15, 0.2) is 0 Å². The van der Waals surface area contributed by atoms with Gasteiger partial charge in [-0.3, -0.25) is 9.52 Å². The second-order valence-electron chi connectivity index (χ2n) is 7.10. The van der Waals surface area contributed by atoms with Gasteiger partial charge in [-0.05, 0) is 63.3 Å². The highest BCUT2D eigenvalue weighted by molar-refractivity contribution is 7.93. The van der Waals surface area contributed by atoms with Crippen molar-refractivity contribution in [3.05, 3.63) is 54.1 Å². The lowest BCUT2D eigenvalue weighted by molar-refractivity contribution is 0.102. The minimum absolute atomic E-state index is 0.250. The van der Waals surface area contributed by atoms with E-state index in [4.69, 9.17) is 4.74 Å². The summed E-state index contributed by atoms with van der Waals surface area (Å²) < 4.78 is 32.6. The normalized spacial score (nSPS) is 11.5. The molecule has 2 aromatic rings. The van der Waals surface area contributed by atoms with Crippen molar-refractivity contribution in [3.63, 3.8) is 0 Å². The third-order valence-corrected chi connectivity index (χ3v) is 6.47. The number of ether oxygens (including phenoxy) is 1. The van der Waals surface area contributed by atoms with Crippen LogP contribution in [0.15, 0.2) is 48.5 Å². The van der Waals surface area contributed by atoms with Crippen LogP contribution in [0.25, 0.3) is 0 Å². The van der Waals surface area contributed by atoms with Crippen molar-refractivity contribution in [1.82, 2.24) is 4.90 Å². The van der Waals surface area contributed by atoms with Crippen LogP contribution in [0.1, 0.15) is 38.1 Å². The molecule has 0 fully saturated rings. The van der Waals surface area contributed by atoms with Crippen LogP contribution < -0.4 is 14.8 Å².